The lowest BCUT2D eigenvalue weighted by Crippen LogP contribution is -2.06. The maximum Gasteiger partial charge on any atom is 0.123 e. The van der Waals surface area contributed by atoms with E-state index >= 15 is 0 Å². The van der Waals surface area contributed by atoms with E-state index in [4.69, 9.17) is 4.74 Å². The number of aliphatic hydroxyl groups excluding tert-OH is 2. The van der Waals surface area contributed by atoms with Crippen LogP contribution in [0.4, 0.5) is 0 Å². The highest BCUT2D eigenvalue weighted by atomic mass is 16.5. The molecule has 2 rings (SSSR count). The quantitative estimate of drug-likeness (QED) is 0.766. The number of hydrogen-bond acceptors (Lipinski definition) is 4. The topological polar surface area (TPSA) is 69.9 Å². The average Bonchev–Trinajstić information content (AvgIpc) is 2.48. The summed E-state index contributed by atoms with van der Waals surface area (Å²) in [5.41, 5.74) is 3.41. The molecule has 0 unspecified atom stereocenters. The Bertz CT molecular complexity index is 662. The van der Waals surface area contributed by atoms with E-state index in [0.717, 1.165) is 16.7 Å². The van der Waals surface area contributed by atoms with Crippen molar-refractivity contribution in [2.24, 2.45) is 0 Å². The fourth-order valence-corrected chi connectivity index (χ4v) is 2.71. The van der Waals surface area contributed by atoms with Gasteiger partial charge in [0.25, 0.3) is 0 Å². The molecule has 0 spiro atoms. The van der Waals surface area contributed by atoms with E-state index in [1.807, 2.05) is 30.3 Å². The summed E-state index contributed by atoms with van der Waals surface area (Å²) in [4.78, 5) is 0. The van der Waals surface area contributed by atoms with Gasteiger partial charge in [0.1, 0.15) is 11.5 Å². The van der Waals surface area contributed by atoms with Crippen molar-refractivity contribution in [3.05, 3.63) is 47.5 Å². The van der Waals surface area contributed by atoms with Gasteiger partial charge < -0.3 is 20.1 Å². The predicted molar refractivity (Wildman–Crippen MR) is 90.9 cm³/mol. The first kappa shape index (κ1) is 17.3. The Morgan fingerprint density at radius 2 is 1.65 bits per heavy atom. The van der Waals surface area contributed by atoms with E-state index in [-0.39, 0.29) is 5.75 Å². The number of hydrogen-bond donors (Lipinski definition) is 3. The van der Waals surface area contributed by atoms with Crippen LogP contribution < -0.4 is 4.74 Å². The van der Waals surface area contributed by atoms with E-state index < -0.39 is 12.2 Å². The van der Waals surface area contributed by atoms with Gasteiger partial charge >= 0.3 is 0 Å². The molecule has 0 saturated carbocycles. The first-order chi connectivity index (χ1) is 10.9. The number of benzene rings is 2. The Morgan fingerprint density at radius 1 is 0.957 bits per heavy atom. The van der Waals surface area contributed by atoms with Crippen LogP contribution in [0.5, 0.6) is 11.5 Å². The summed E-state index contributed by atoms with van der Waals surface area (Å²) in [6.45, 7) is 3.47. The Labute approximate surface area is 137 Å². The van der Waals surface area contributed by atoms with Gasteiger partial charge in [0.15, 0.2) is 0 Å². The van der Waals surface area contributed by atoms with Gasteiger partial charge in [-0.1, -0.05) is 12.1 Å². The third-order valence-electron chi connectivity index (χ3n) is 3.70. The lowest BCUT2D eigenvalue weighted by atomic mass is 9.96. The lowest BCUT2D eigenvalue weighted by molar-refractivity contribution is 0.194. The van der Waals surface area contributed by atoms with Crippen LogP contribution in [0.15, 0.2) is 36.4 Å². The Morgan fingerprint density at radius 3 is 2.26 bits per heavy atom. The molecule has 0 fully saturated rings. The molecule has 0 aliphatic heterocycles. The summed E-state index contributed by atoms with van der Waals surface area (Å²) in [5.74, 6) is 0.904. The first-order valence-corrected chi connectivity index (χ1v) is 7.76. The fourth-order valence-electron chi connectivity index (χ4n) is 2.71. The van der Waals surface area contributed by atoms with Gasteiger partial charge in [0.2, 0.25) is 0 Å². The first-order valence-electron chi connectivity index (χ1n) is 7.76. The molecular formula is C19H24O4. The highest BCUT2D eigenvalue weighted by Crippen LogP contribution is 2.33. The van der Waals surface area contributed by atoms with Crippen molar-refractivity contribution in [1.82, 2.24) is 0 Å². The molecule has 4 heteroatoms. The van der Waals surface area contributed by atoms with Crippen LogP contribution in [0.25, 0.3) is 11.1 Å². The smallest absolute Gasteiger partial charge is 0.123 e. The normalized spacial score (nSPS) is 13.6. The maximum atomic E-state index is 10.2. The molecule has 4 nitrogen and oxygen atoms in total. The molecule has 2 atom stereocenters. The molecule has 0 heterocycles. The maximum absolute atomic E-state index is 10.2. The number of methoxy groups -OCH3 is 1. The van der Waals surface area contributed by atoms with Crippen molar-refractivity contribution < 1.29 is 20.1 Å². The van der Waals surface area contributed by atoms with Crippen LogP contribution >= 0.6 is 0 Å². The van der Waals surface area contributed by atoms with Crippen LogP contribution in [-0.4, -0.2) is 34.6 Å². The van der Waals surface area contributed by atoms with Crippen LogP contribution in [0.1, 0.15) is 25.0 Å². The summed E-state index contributed by atoms with van der Waals surface area (Å²) < 4.78 is 5.34. The van der Waals surface area contributed by atoms with E-state index in [1.54, 1.807) is 27.0 Å². The van der Waals surface area contributed by atoms with Crippen molar-refractivity contribution in [3.8, 4) is 22.6 Å². The number of aromatic hydroxyl groups is 1. The second-order valence-electron chi connectivity index (χ2n) is 5.98. The van der Waals surface area contributed by atoms with Gasteiger partial charge in [-0.25, -0.2) is 0 Å². The SMILES string of the molecule is COc1ccc(-c2cc(C[C@@H](C)O)ccc2O)cc1C[C@H](C)O. The second kappa shape index (κ2) is 7.49. The third kappa shape index (κ3) is 4.47. The lowest BCUT2D eigenvalue weighted by Gasteiger charge is -2.14. The van der Waals surface area contributed by atoms with Gasteiger partial charge in [0.05, 0.1) is 19.3 Å². The number of phenols is 1. The highest BCUT2D eigenvalue weighted by Gasteiger charge is 2.12. The minimum atomic E-state index is -0.477. The van der Waals surface area contributed by atoms with Crippen molar-refractivity contribution in [1.29, 1.82) is 0 Å². The van der Waals surface area contributed by atoms with E-state index in [9.17, 15) is 15.3 Å². The Kier molecular flexibility index (Phi) is 5.64. The molecule has 23 heavy (non-hydrogen) atoms. The van der Waals surface area contributed by atoms with Crippen LogP contribution in [-0.2, 0) is 12.8 Å². The van der Waals surface area contributed by atoms with E-state index in [1.165, 1.54) is 0 Å². The fraction of sp³-hybridized carbons (Fsp3) is 0.368. The summed E-state index contributed by atoms with van der Waals surface area (Å²) in [6.07, 6.45) is 0.0955. The zero-order chi connectivity index (χ0) is 17.0. The standard InChI is InChI=1S/C19H24O4/c1-12(20)8-14-4-6-18(22)17(10-14)15-5-7-19(23-3)16(11-15)9-13(2)21/h4-7,10-13,20-22H,8-9H2,1-3H3/t12-,13+/m1/s1. The van der Waals surface area contributed by atoms with Gasteiger partial charge in [-0.15, -0.1) is 0 Å². The minimum absolute atomic E-state index is 0.188. The van der Waals surface area contributed by atoms with E-state index in [2.05, 4.69) is 0 Å². The molecule has 0 aromatic heterocycles. The van der Waals surface area contributed by atoms with Crippen LogP contribution in [0.2, 0.25) is 0 Å². The minimum Gasteiger partial charge on any atom is -0.507 e. The molecule has 0 saturated heterocycles. The van der Waals surface area contributed by atoms with Crippen molar-refractivity contribution in [2.45, 2.75) is 38.9 Å². The molecule has 2 aromatic rings. The van der Waals surface area contributed by atoms with Crippen molar-refractivity contribution >= 4 is 0 Å². The molecule has 3 N–H and O–H groups in total. The molecule has 0 aliphatic rings. The number of aliphatic hydroxyl groups is 2. The van der Waals surface area contributed by atoms with Gasteiger partial charge in [-0.05, 0) is 61.2 Å². The van der Waals surface area contributed by atoms with Gasteiger partial charge in [-0.3, -0.25) is 0 Å². The monoisotopic (exact) mass is 316 g/mol. The van der Waals surface area contributed by atoms with Gasteiger partial charge in [0, 0.05) is 12.0 Å². The molecule has 0 aliphatic carbocycles. The van der Waals surface area contributed by atoms with Crippen LogP contribution in [0, 0.1) is 0 Å². The second-order valence-corrected chi connectivity index (χ2v) is 5.98. The summed E-state index contributed by atoms with van der Waals surface area (Å²) >= 11 is 0. The average molecular weight is 316 g/mol. The van der Waals surface area contributed by atoms with E-state index in [0.29, 0.717) is 24.2 Å². The zero-order valence-electron chi connectivity index (χ0n) is 13.8. The third-order valence-corrected chi connectivity index (χ3v) is 3.70. The summed E-state index contributed by atoms with van der Waals surface area (Å²) in [6, 6.07) is 11.0. The number of ether oxygens (including phenoxy) is 1. The van der Waals surface area contributed by atoms with Crippen LogP contribution in [0.3, 0.4) is 0 Å². The van der Waals surface area contributed by atoms with Gasteiger partial charge in [-0.2, -0.15) is 0 Å². The molecular weight excluding hydrogens is 292 g/mol. The summed E-state index contributed by atoms with van der Waals surface area (Å²) in [5, 5.41) is 29.4. The predicted octanol–water partition coefficient (Wildman–Crippen LogP) is 2.91. The Hall–Kier alpha value is -2.04. The molecule has 2 aromatic carbocycles. The molecule has 0 radical (unpaired) electrons. The van der Waals surface area contributed by atoms with Crippen molar-refractivity contribution in [2.75, 3.05) is 7.11 Å². The number of phenolic OH excluding ortho intramolecular Hbond substituents is 1. The largest absolute Gasteiger partial charge is 0.507 e. The molecule has 0 bridgehead atoms. The zero-order valence-corrected chi connectivity index (χ0v) is 13.8. The summed E-state index contributed by atoms with van der Waals surface area (Å²) in [7, 11) is 1.60. The molecule has 124 valence electrons. The molecule has 0 amide bonds. The van der Waals surface area contributed by atoms with Crippen molar-refractivity contribution in [3.63, 3.8) is 0 Å². The number of rotatable bonds is 6. The highest BCUT2D eigenvalue weighted by molar-refractivity contribution is 5.72. The Balaban J connectivity index is 2.44.